The summed E-state index contributed by atoms with van der Waals surface area (Å²) >= 11 is 0. The van der Waals surface area contributed by atoms with Gasteiger partial charge in [-0.15, -0.1) is 0 Å². The van der Waals surface area contributed by atoms with Crippen LogP contribution in [0.4, 0.5) is 5.69 Å². The van der Waals surface area contributed by atoms with Crippen LogP contribution in [0.5, 0.6) is 0 Å². The molecule has 5 rings (SSSR count). The van der Waals surface area contributed by atoms with E-state index in [0.717, 1.165) is 24.1 Å². The van der Waals surface area contributed by atoms with Crippen molar-refractivity contribution in [2.75, 3.05) is 4.90 Å². The molecule has 1 aromatic heterocycles. The Balaban J connectivity index is 1.57. The number of H-pyrrole nitrogens is 1. The minimum absolute atomic E-state index is 0.0269. The molecule has 3 aromatic rings. The fourth-order valence-electron chi connectivity index (χ4n) is 6.12. The summed E-state index contributed by atoms with van der Waals surface area (Å²) < 4.78 is 0. The molecule has 2 heterocycles. The number of nitrogens with one attached hydrogen (secondary N) is 1. The Morgan fingerprint density at radius 3 is 2.38 bits per heavy atom. The number of benzene rings is 2. The Morgan fingerprint density at radius 2 is 1.59 bits per heavy atom. The molecule has 1 aliphatic heterocycles. The molecule has 0 spiro atoms. The number of aromatic amines is 1. The van der Waals surface area contributed by atoms with Crippen LogP contribution in [0.25, 0.3) is 10.9 Å². The molecule has 1 saturated heterocycles. The zero-order valence-corrected chi connectivity index (χ0v) is 19.0. The Bertz CT molecular complexity index is 1130. The summed E-state index contributed by atoms with van der Waals surface area (Å²) in [6, 6.07) is 17.7. The molecule has 2 amide bonds. The van der Waals surface area contributed by atoms with Gasteiger partial charge in [-0.05, 0) is 42.0 Å². The van der Waals surface area contributed by atoms with Crippen molar-refractivity contribution in [3.05, 3.63) is 65.9 Å². The average Bonchev–Trinajstić information content (AvgIpc) is 3.31. The first kappa shape index (κ1) is 21.0. The molecule has 0 saturated carbocycles. The van der Waals surface area contributed by atoms with Gasteiger partial charge in [-0.25, -0.2) is 4.90 Å². The number of fused-ring (bicyclic) bond motifs is 5. The number of aromatic nitrogens is 1. The number of hydrogen-bond donors (Lipinski definition) is 1. The van der Waals surface area contributed by atoms with E-state index in [-0.39, 0.29) is 29.6 Å². The van der Waals surface area contributed by atoms with Crippen LogP contribution in [0.15, 0.2) is 54.6 Å². The third-order valence-corrected chi connectivity index (χ3v) is 7.65. The van der Waals surface area contributed by atoms with Gasteiger partial charge < -0.3 is 4.98 Å². The van der Waals surface area contributed by atoms with Crippen LogP contribution in [0.2, 0.25) is 0 Å². The Morgan fingerprint density at radius 1 is 0.875 bits per heavy atom. The van der Waals surface area contributed by atoms with Crippen molar-refractivity contribution in [2.24, 2.45) is 11.8 Å². The van der Waals surface area contributed by atoms with Crippen molar-refractivity contribution in [1.82, 2.24) is 4.98 Å². The first-order chi connectivity index (χ1) is 15.6. The summed E-state index contributed by atoms with van der Waals surface area (Å²) in [5.41, 5.74) is 3.95. The largest absolute Gasteiger partial charge is 0.357 e. The minimum atomic E-state index is -0.415. The van der Waals surface area contributed by atoms with Gasteiger partial charge in [0, 0.05) is 16.6 Å². The van der Waals surface area contributed by atoms with Crippen molar-refractivity contribution in [1.29, 1.82) is 0 Å². The van der Waals surface area contributed by atoms with Gasteiger partial charge in [-0.3, -0.25) is 9.59 Å². The number of rotatable bonds is 7. The number of carbonyl (C=O) groups excluding carboxylic acids is 2. The fourth-order valence-corrected chi connectivity index (χ4v) is 6.12. The van der Waals surface area contributed by atoms with Gasteiger partial charge in [0.25, 0.3) is 0 Å². The molecule has 2 aliphatic rings. The molecule has 4 atom stereocenters. The van der Waals surface area contributed by atoms with Crippen molar-refractivity contribution in [3.8, 4) is 0 Å². The van der Waals surface area contributed by atoms with Crippen LogP contribution in [0.3, 0.4) is 0 Å². The summed E-state index contributed by atoms with van der Waals surface area (Å²) in [6.45, 7) is 4.49. The molecular weight excluding hydrogens is 396 g/mol. The van der Waals surface area contributed by atoms with E-state index >= 15 is 0 Å². The number of para-hydroxylation sites is 2. The number of anilines is 1. The number of carbonyl (C=O) groups is 2. The van der Waals surface area contributed by atoms with Crippen LogP contribution in [-0.4, -0.2) is 16.8 Å². The first-order valence-electron chi connectivity index (χ1n) is 12.2. The van der Waals surface area contributed by atoms with Gasteiger partial charge in [-0.2, -0.15) is 0 Å². The lowest BCUT2D eigenvalue weighted by Crippen LogP contribution is -2.35. The minimum Gasteiger partial charge on any atom is -0.357 e. The monoisotopic (exact) mass is 428 g/mol. The second-order valence-electron chi connectivity index (χ2n) is 9.50. The zero-order chi connectivity index (χ0) is 22.2. The van der Waals surface area contributed by atoms with E-state index in [4.69, 9.17) is 0 Å². The lowest BCUT2D eigenvalue weighted by molar-refractivity contribution is -0.123. The summed E-state index contributed by atoms with van der Waals surface area (Å²) in [6.07, 6.45) is 7.03. The summed E-state index contributed by atoms with van der Waals surface area (Å²) in [4.78, 5) is 32.5. The fraction of sp³-hybridized carbons (Fsp3) is 0.429. The maximum atomic E-state index is 13.8. The third-order valence-electron chi connectivity index (χ3n) is 7.65. The maximum absolute atomic E-state index is 13.8. The molecule has 0 bridgehead atoms. The molecule has 4 nitrogen and oxygen atoms in total. The number of nitrogens with zero attached hydrogens (tertiary/aromatic N) is 1. The highest BCUT2D eigenvalue weighted by Gasteiger charge is 2.57. The van der Waals surface area contributed by atoms with Crippen molar-refractivity contribution >= 4 is 28.4 Å². The predicted molar refractivity (Wildman–Crippen MR) is 129 cm³/mol. The van der Waals surface area contributed by atoms with E-state index in [1.54, 1.807) is 0 Å². The van der Waals surface area contributed by atoms with E-state index in [1.165, 1.54) is 41.5 Å². The first-order valence-corrected chi connectivity index (χ1v) is 12.2. The molecule has 32 heavy (non-hydrogen) atoms. The topological polar surface area (TPSA) is 53.2 Å². The number of amides is 2. The molecule has 4 heteroatoms. The van der Waals surface area contributed by atoms with Crippen molar-refractivity contribution in [2.45, 2.75) is 64.2 Å². The highest BCUT2D eigenvalue weighted by molar-refractivity contribution is 6.24. The quantitative estimate of drug-likeness (QED) is 0.343. The van der Waals surface area contributed by atoms with E-state index in [1.807, 2.05) is 36.4 Å². The van der Waals surface area contributed by atoms with E-state index in [9.17, 15) is 9.59 Å². The molecular formula is C28H32N2O2. The zero-order valence-electron chi connectivity index (χ0n) is 19.0. The van der Waals surface area contributed by atoms with E-state index in [2.05, 4.69) is 37.0 Å². The van der Waals surface area contributed by atoms with Crippen molar-refractivity contribution < 1.29 is 9.59 Å². The Hall–Kier alpha value is -2.88. The van der Waals surface area contributed by atoms with Crippen molar-refractivity contribution in [3.63, 3.8) is 0 Å². The number of unbranched alkanes of at least 4 members (excludes halogenated alkanes) is 4. The SMILES string of the molecule is CCCCCCC[C@H]1[C@H]2C(=O)N(c3ccccc3)C(=O)[C@H]2c2[nH]c3ccccc3c2[C@H]1C. The molecule has 0 unspecified atom stereocenters. The van der Waals surface area contributed by atoms with Gasteiger partial charge >= 0.3 is 0 Å². The number of hydrogen-bond acceptors (Lipinski definition) is 2. The summed E-state index contributed by atoms with van der Waals surface area (Å²) in [5, 5.41) is 1.20. The predicted octanol–water partition coefficient (Wildman–Crippen LogP) is 6.53. The Labute approximate surface area is 190 Å². The molecule has 1 N–H and O–H groups in total. The van der Waals surface area contributed by atoms with Crippen LogP contribution in [0.1, 0.15) is 75.5 Å². The van der Waals surface area contributed by atoms with E-state index < -0.39 is 5.92 Å². The molecule has 2 aromatic carbocycles. The van der Waals surface area contributed by atoms with Crippen LogP contribution in [0, 0.1) is 11.8 Å². The highest BCUT2D eigenvalue weighted by Crippen LogP contribution is 2.54. The normalized spacial score (nSPS) is 24.8. The molecule has 166 valence electrons. The van der Waals surface area contributed by atoms with Gasteiger partial charge in [0.15, 0.2) is 0 Å². The molecule has 1 aliphatic carbocycles. The maximum Gasteiger partial charge on any atom is 0.243 e. The summed E-state index contributed by atoms with van der Waals surface area (Å²) in [7, 11) is 0. The van der Waals surface area contributed by atoms with Crippen LogP contribution < -0.4 is 4.90 Å². The van der Waals surface area contributed by atoms with Gasteiger partial charge in [0.2, 0.25) is 11.8 Å². The lowest BCUT2D eigenvalue weighted by Gasteiger charge is -2.36. The second-order valence-corrected chi connectivity index (χ2v) is 9.50. The van der Waals surface area contributed by atoms with Crippen LogP contribution >= 0.6 is 0 Å². The molecule has 1 fully saturated rings. The number of imide groups is 1. The smallest absolute Gasteiger partial charge is 0.243 e. The standard InChI is InChI=1S/C28H32N2O2/c1-3-4-5-6-10-15-20-18(2)23-21-16-11-12-17-22(21)29-26(23)25-24(20)27(31)30(28(25)32)19-13-8-7-9-14-19/h7-9,11-14,16-18,20,24-25,29H,3-6,10,15H2,1-2H3/t18-,20+,24+,25+/m0/s1. The third kappa shape index (κ3) is 3.28. The Kier molecular flexibility index (Phi) is 5.62. The van der Waals surface area contributed by atoms with Crippen LogP contribution in [-0.2, 0) is 9.59 Å². The highest BCUT2D eigenvalue weighted by atomic mass is 16.2. The lowest BCUT2D eigenvalue weighted by atomic mass is 9.65. The van der Waals surface area contributed by atoms with Gasteiger partial charge in [0.05, 0.1) is 17.5 Å². The van der Waals surface area contributed by atoms with Gasteiger partial charge in [-0.1, -0.05) is 82.3 Å². The van der Waals surface area contributed by atoms with E-state index in [0.29, 0.717) is 5.69 Å². The second kappa shape index (κ2) is 8.57. The molecule has 0 radical (unpaired) electrons. The average molecular weight is 429 g/mol. The van der Waals surface area contributed by atoms with Gasteiger partial charge in [0.1, 0.15) is 0 Å². The summed E-state index contributed by atoms with van der Waals surface area (Å²) in [5.74, 6) is -0.395.